The van der Waals surface area contributed by atoms with Crippen LogP contribution in [0.2, 0.25) is 0 Å². The summed E-state index contributed by atoms with van der Waals surface area (Å²) in [4.78, 5) is 2.32. The highest BCUT2D eigenvalue weighted by molar-refractivity contribution is 7.10. The zero-order chi connectivity index (χ0) is 12.1. The molecule has 0 spiro atoms. The molecule has 0 aliphatic rings. The van der Waals surface area contributed by atoms with Crippen LogP contribution in [0.3, 0.4) is 0 Å². The first kappa shape index (κ1) is 13.4. The minimum absolute atomic E-state index is 0.552. The molecule has 0 bridgehead atoms. The molecule has 1 rings (SSSR count). The van der Waals surface area contributed by atoms with Crippen molar-refractivity contribution in [3.8, 4) is 0 Å². The summed E-state index contributed by atoms with van der Waals surface area (Å²) in [6.45, 7) is 10.6. The van der Waals surface area contributed by atoms with Crippen LogP contribution < -0.4 is 5.32 Å². The number of hydrogen-bond donors (Lipinski definition) is 1. The molecule has 1 aromatic heterocycles. The molecule has 1 aromatic rings. The molecule has 0 saturated heterocycles. The van der Waals surface area contributed by atoms with Crippen LogP contribution in [0.1, 0.15) is 33.4 Å². The van der Waals surface area contributed by atoms with Crippen LogP contribution in [0.4, 0.5) is 5.00 Å². The Labute approximate surface area is 102 Å². The van der Waals surface area contributed by atoms with E-state index in [4.69, 9.17) is 0 Å². The van der Waals surface area contributed by atoms with Crippen molar-refractivity contribution < 1.29 is 0 Å². The quantitative estimate of drug-likeness (QED) is 0.832. The number of aromatic nitrogens is 2. The molecule has 1 heterocycles. The van der Waals surface area contributed by atoms with Gasteiger partial charge >= 0.3 is 0 Å². The predicted molar refractivity (Wildman–Crippen MR) is 69.8 cm³/mol. The minimum Gasteiger partial charge on any atom is -0.374 e. The first-order valence-electron chi connectivity index (χ1n) is 5.81. The monoisotopic (exact) mass is 242 g/mol. The number of hydrogen-bond acceptors (Lipinski definition) is 5. The first-order valence-corrected chi connectivity index (χ1v) is 6.58. The van der Waals surface area contributed by atoms with Gasteiger partial charge in [-0.25, -0.2) is 0 Å². The van der Waals surface area contributed by atoms with E-state index < -0.39 is 0 Å². The maximum Gasteiger partial charge on any atom is 0.134 e. The van der Waals surface area contributed by atoms with Crippen molar-refractivity contribution in [2.45, 2.75) is 40.3 Å². The molecule has 0 radical (unpaired) electrons. The van der Waals surface area contributed by atoms with Gasteiger partial charge in [-0.2, -0.15) is 0 Å². The highest BCUT2D eigenvalue weighted by Crippen LogP contribution is 2.20. The molecule has 0 fully saturated rings. The molecule has 1 atom stereocenters. The van der Waals surface area contributed by atoms with E-state index in [0.29, 0.717) is 12.0 Å². The van der Waals surface area contributed by atoms with E-state index in [1.54, 1.807) is 0 Å². The first-order chi connectivity index (χ1) is 7.56. The molecule has 92 valence electrons. The lowest BCUT2D eigenvalue weighted by Gasteiger charge is -2.27. The Morgan fingerprint density at radius 3 is 2.62 bits per heavy atom. The van der Waals surface area contributed by atoms with Crippen molar-refractivity contribution in [1.29, 1.82) is 0 Å². The second-order valence-corrected chi connectivity index (χ2v) is 5.23. The van der Waals surface area contributed by atoms with Gasteiger partial charge < -0.3 is 5.32 Å². The number of nitrogens with one attached hydrogen (secondary N) is 1. The Morgan fingerprint density at radius 2 is 2.06 bits per heavy atom. The maximum absolute atomic E-state index is 4.18. The Morgan fingerprint density at radius 1 is 1.38 bits per heavy atom. The molecule has 0 aliphatic heterocycles. The van der Waals surface area contributed by atoms with Crippen LogP contribution >= 0.6 is 11.5 Å². The number of nitrogens with zero attached hydrogens (tertiary/aromatic N) is 3. The maximum atomic E-state index is 4.18. The van der Waals surface area contributed by atoms with Crippen molar-refractivity contribution in [1.82, 2.24) is 14.5 Å². The third-order valence-electron chi connectivity index (χ3n) is 2.95. The van der Waals surface area contributed by atoms with Gasteiger partial charge in [0, 0.05) is 30.7 Å². The third-order valence-corrected chi connectivity index (χ3v) is 3.68. The zero-order valence-corrected chi connectivity index (χ0v) is 11.6. The van der Waals surface area contributed by atoms with Crippen molar-refractivity contribution >= 4 is 16.5 Å². The average Bonchev–Trinajstić information content (AvgIpc) is 2.65. The van der Waals surface area contributed by atoms with Gasteiger partial charge in [0.2, 0.25) is 0 Å². The van der Waals surface area contributed by atoms with Crippen LogP contribution in [0.25, 0.3) is 0 Å². The Bertz CT molecular complexity index is 311. The molecular weight excluding hydrogens is 220 g/mol. The summed E-state index contributed by atoms with van der Waals surface area (Å²) in [6, 6.07) is 0.552. The van der Waals surface area contributed by atoms with E-state index in [9.17, 15) is 0 Å². The van der Waals surface area contributed by atoms with Crippen LogP contribution in [-0.2, 0) is 6.54 Å². The molecule has 4 nitrogen and oxygen atoms in total. The molecular formula is C11H22N4S. The van der Waals surface area contributed by atoms with Crippen molar-refractivity contribution in [3.05, 3.63) is 5.69 Å². The van der Waals surface area contributed by atoms with E-state index in [1.807, 2.05) is 0 Å². The molecule has 0 aromatic carbocycles. The van der Waals surface area contributed by atoms with Gasteiger partial charge in [-0.05, 0) is 26.8 Å². The van der Waals surface area contributed by atoms with Gasteiger partial charge in [-0.1, -0.05) is 18.3 Å². The fourth-order valence-electron chi connectivity index (χ4n) is 1.50. The lowest BCUT2D eigenvalue weighted by Crippen LogP contribution is -2.33. The van der Waals surface area contributed by atoms with E-state index in [2.05, 4.69) is 54.5 Å². The van der Waals surface area contributed by atoms with Gasteiger partial charge in [-0.15, -0.1) is 5.10 Å². The third kappa shape index (κ3) is 3.42. The highest BCUT2D eigenvalue weighted by atomic mass is 32.1. The summed E-state index contributed by atoms with van der Waals surface area (Å²) in [7, 11) is 2.14. The molecule has 0 saturated carbocycles. The fraction of sp³-hybridized carbons (Fsp3) is 0.818. The van der Waals surface area contributed by atoms with Crippen molar-refractivity contribution in [2.24, 2.45) is 5.92 Å². The van der Waals surface area contributed by atoms with Gasteiger partial charge in [0.1, 0.15) is 10.7 Å². The summed E-state index contributed by atoms with van der Waals surface area (Å²) in [6.07, 6.45) is 0. The standard InChI is InChI=1S/C11H22N4S/c1-6-12-11-10(13-14-16-11)7-15(5)9(4)8(2)3/h8-9,12H,6-7H2,1-5H3. The molecule has 5 heteroatoms. The Kier molecular flexibility index (Phi) is 5.15. The van der Waals surface area contributed by atoms with Crippen molar-refractivity contribution in [3.63, 3.8) is 0 Å². The summed E-state index contributed by atoms with van der Waals surface area (Å²) in [5, 5.41) is 8.58. The van der Waals surface area contributed by atoms with Gasteiger partial charge in [0.25, 0.3) is 0 Å². The van der Waals surface area contributed by atoms with Crippen molar-refractivity contribution in [2.75, 3.05) is 18.9 Å². The molecule has 0 amide bonds. The number of rotatable bonds is 6. The average molecular weight is 242 g/mol. The Balaban J connectivity index is 2.61. The summed E-state index contributed by atoms with van der Waals surface area (Å²) < 4.78 is 4.00. The topological polar surface area (TPSA) is 41.1 Å². The molecule has 1 unspecified atom stereocenters. The second kappa shape index (κ2) is 6.15. The predicted octanol–water partition coefficient (Wildman–Crippen LogP) is 2.45. The SMILES string of the molecule is CCNc1snnc1CN(C)C(C)C(C)C. The van der Waals surface area contributed by atoms with Gasteiger partial charge in [0.15, 0.2) is 0 Å². The van der Waals surface area contributed by atoms with Crippen LogP contribution in [0.15, 0.2) is 0 Å². The lowest BCUT2D eigenvalue weighted by atomic mass is 10.1. The van der Waals surface area contributed by atoms with Crippen LogP contribution in [0, 0.1) is 5.92 Å². The smallest absolute Gasteiger partial charge is 0.134 e. The van der Waals surface area contributed by atoms with Crippen LogP contribution in [0.5, 0.6) is 0 Å². The summed E-state index contributed by atoms with van der Waals surface area (Å²) in [5.41, 5.74) is 1.06. The van der Waals surface area contributed by atoms with E-state index in [0.717, 1.165) is 23.8 Å². The molecule has 1 N–H and O–H groups in total. The number of anilines is 1. The normalized spacial score (nSPS) is 13.4. The summed E-state index contributed by atoms with van der Waals surface area (Å²) >= 11 is 1.44. The van der Waals surface area contributed by atoms with E-state index >= 15 is 0 Å². The van der Waals surface area contributed by atoms with E-state index in [1.165, 1.54) is 11.5 Å². The van der Waals surface area contributed by atoms with Crippen LogP contribution in [-0.4, -0.2) is 34.1 Å². The zero-order valence-electron chi connectivity index (χ0n) is 10.8. The fourth-order valence-corrected chi connectivity index (χ4v) is 2.14. The summed E-state index contributed by atoms with van der Waals surface area (Å²) in [5.74, 6) is 0.652. The van der Waals surface area contributed by atoms with Gasteiger partial charge in [-0.3, -0.25) is 4.90 Å². The van der Waals surface area contributed by atoms with Gasteiger partial charge in [0.05, 0.1) is 0 Å². The second-order valence-electron chi connectivity index (χ2n) is 4.48. The molecule has 0 aliphatic carbocycles. The minimum atomic E-state index is 0.552. The largest absolute Gasteiger partial charge is 0.374 e. The highest BCUT2D eigenvalue weighted by Gasteiger charge is 2.16. The molecule has 16 heavy (non-hydrogen) atoms. The lowest BCUT2D eigenvalue weighted by molar-refractivity contribution is 0.198. The van der Waals surface area contributed by atoms with E-state index in [-0.39, 0.29) is 0 Å². The Hall–Kier alpha value is -0.680.